The average Bonchev–Trinajstić information content (AvgIpc) is 3.31. The van der Waals surface area contributed by atoms with Gasteiger partial charge < -0.3 is 15.2 Å². The Labute approximate surface area is 186 Å². The number of amides is 1. The molecule has 8 nitrogen and oxygen atoms in total. The van der Waals surface area contributed by atoms with Gasteiger partial charge in [0.15, 0.2) is 0 Å². The third kappa shape index (κ3) is 3.88. The number of benzene rings is 1. The number of likely N-dealkylation sites (tertiary alicyclic amines) is 1. The van der Waals surface area contributed by atoms with E-state index in [-0.39, 0.29) is 17.3 Å². The fourth-order valence-electron chi connectivity index (χ4n) is 4.22. The largest absolute Gasteiger partial charge is 0.382 e. The Kier molecular flexibility index (Phi) is 5.54. The summed E-state index contributed by atoms with van der Waals surface area (Å²) in [7, 11) is 1.73. The first-order valence-corrected chi connectivity index (χ1v) is 10.8. The van der Waals surface area contributed by atoms with Crippen molar-refractivity contribution in [2.45, 2.75) is 38.5 Å². The molecule has 0 bridgehead atoms. The lowest BCUT2D eigenvalue weighted by molar-refractivity contribution is -0.135. The molecule has 3 N–H and O–H groups in total. The van der Waals surface area contributed by atoms with Crippen LogP contribution >= 0.6 is 0 Å². The molecule has 0 atom stereocenters. The van der Waals surface area contributed by atoms with Gasteiger partial charge in [-0.25, -0.2) is 4.98 Å². The molecule has 1 aliphatic heterocycles. The Morgan fingerprint density at radius 1 is 1.19 bits per heavy atom. The van der Waals surface area contributed by atoms with Crippen LogP contribution in [0.2, 0.25) is 0 Å². The molecule has 0 unspecified atom stereocenters. The smallest absolute Gasteiger partial charge is 0.272 e. The highest BCUT2D eigenvalue weighted by Gasteiger charge is 2.35. The minimum absolute atomic E-state index is 0.102. The van der Waals surface area contributed by atoms with Crippen molar-refractivity contribution in [2.75, 3.05) is 13.1 Å². The summed E-state index contributed by atoms with van der Waals surface area (Å²) in [6.45, 7) is 5.51. The molecular weight excluding hydrogens is 404 g/mol. The Balaban J connectivity index is 1.71. The van der Waals surface area contributed by atoms with Gasteiger partial charge in [-0.2, -0.15) is 0 Å². The van der Waals surface area contributed by atoms with Crippen LogP contribution in [0.4, 0.5) is 0 Å². The molecule has 3 aromatic rings. The summed E-state index contributed by atoms with van der Waals surface area (Å²) in [6, 6.07) is 9.16. The quantitative estimate of drug-likeness (QED) is 0.473. The van der Waals surface area contributed by atoms with Crippen molar-refractivity contribution in [3.8, 4) is 0 Å². The molecule has 1 aliphatic rings. The Bertz CT molecular complexity index is 1250. The van der Waals surface area contributed by atoms with Crippen molar-refractivity contribution in [3.05, 3.63) is 69.4 Å². The summed E-state index contributed by atoms with van der Waals surface area (Å²) in [5.74, 6) is 0.0194. The van der Waals surface area contributed by atoms with Crippen LogP contribution in [-0.2, 0) is 23.7 Å². The standard InChI is InChI=1S/C24H28N6O2/c1-24(2,23(32)30-10-4-5-11-30)16-7-9-20-18(13-16)28-19(22(31)29(20)3)12-15-6-8-17(21(25)26)27-14-15/h6-9,13-14H,4-5,10-12H2,1-3H3,(H3,25,26). The summed E-state index contributed by atoms with van der Waals surface area (Å²) in [6.07, 6.45) is 4.02. The number of aromatic nitrogens is 3. The number of aryl methyl sites for hydroxylation is 1. The first-order chi connectivity index (χ1) is 15.2. The van der Waals surface area contributed by atoms with Crippen LogP contribution in [-0.4, -0.2) is 44.3 Å². The molecule has 2 aromatic heterocycles. The van der Waals surface area contributed by atoms with E-state index in [0.717, 1.165) is 42.6 Å². The van der Waals surface area contributed by atoms with Crippen molar-refractivity contribution in [3.63, 3.8) is 0 Å². The van der Waals surface area contributed by atoms with Gasteiger partial charge in [0.05, 0.1) is 16.4 Å². The van der Waals surface area contributed by atoms with Crippen LogP contribution in [0, 0.1) is 5.41 Å². The highest BCUT2D eigenvalue weighted by molar-refractivity contribution is 5.93. The number of amidine groups is 1. The highest BCUT2D eigenvalue weighted by atomic mass is 16.2. The Hall–Kier alpha value is -3.55. The van der Waals surface area contributed by atoms with E-state index in [4.69, 9.17) is 11.1 Å². The van der Waals surface area contributed by atoms with E-state index in [1.165, 1.54) is 0 Å². The van der Waals surface area contributed by atoms with Crippen molar-refractivity contribution < 1.29 is 4.79 Å². The highest BCUT2D eigenvalue weighted by Crippen LogP contribution is 2.29. The molecule has 0 aliphatic carbocycles. The van der Waals surface area contributed by atoms with Crippen molar-refractivity contribution >= 4 is 22.8 Å². The number of rotatable bonds is 5. The number of fused-ring (bicyclic) bond motifs is 1. The molecule has 0 spiro atoms. The first-order valence-electron chi connectivity index (χ1n) is 10.8. The maximum absolute atomic E-state index is 13.1. The number of carbonyl (C=O) groups is 1. The van der Waals surface area contributed by atoms with E-state index >= 15 is 0 Å². The maximum atomic E-state index is 13.1. The molecule has 4 rings (SSSR count). The number of carbonyl (C=O) groups excluding carboxylic acids is 1. The van der Waals surface area contributed by atoms with Gasteiger partial charge in [0.25, 0.3) is 5.56 Å². The minimum atomic E-state index is -0.679. The van der Waals surface area contributed by atoms with Gasteiger partial charge in [0.1, 0.15) is 17.2 Å². The number of nitrogens with zero attached hydrogens (tertiary/aromatic N) is 4. The van der Waals surface area contributed by atoms with E-state index in [1.807, 2.05) is 36.9 Å². The van der Waals surface area contributed by atoms with Crippen LogP contribution < -0.4 is 11.3 Å². The molecule has 3 heterocycles. The van der Waals surface area contributed by atoms with Gasteiger partial charge in [-0.1, -0.05) is 12.1 Å². The van der Waals surface area contributed by atoms with E-state index in [9.17, 15) is 9.59 Å². The SMILES string of the molecule is Cn1c(=O)c(Cc2ccc(C(=N)N)nc2)nc2cc(C(C)(C)C(=O)N3CCCC3)ccc21. The van der Waals surface area contributed by atoms with Gasteiger partial charge in [-0.3, -0.25) is 20.0 Å². The summed E-state index contributed by atoms with van der Waals surface area (Å²) >= 11 is 0. The third-order valence-corrected chi connectivity index (χ3v) is 6.27. The summed E-state index contributed by atoms with van der Waals surface area (Å²) in [5, 5.41) is 7.46. The van der Waals surface area contributed by atoms with Crippen molar-refractivity contribution in [1.29, 1.82) is 5.41 Å². The molecule has 0 saturated carbocycles. The second kappa shape index (κ2) is 8.18. The van der Waals surface area contributed by atoms with Gasteiger partial charge in [0, 0.05) is 32.8 Å². The molecule has 1 saturated heterocycles. The zero-order chi connectivity index (χ0) is 23.0. The molecular formula is C24H28N6O2. The van der Waals surface area contributed by atoms with Gasteiger partial charge in [-0.15, -0.1) is 0 Å². The molecule has 8 heteroatoms. The third-order valence-electron chi connectivity index (χ3n) is 6.27. The number of nitrogens with two attached hydrogens (primary N) is 1. The van der Waals surface area contributed by atoms with E-state index < -0.39 is 5.41 Å². The second-order valence-corrected chi connectivity index (χ2v) is 8.89. The van der Waals surface area contributed by atoms with Crippen LogP contribution in [0.5, 0.6) is 0 Å². The lowest BCUT2D eigenvalue weighted by atomic mass is 9.83. The van der Waals surface area contributed by atoms with Crippen LogP contribution in [0.15, 0.2) is 41.3 Å². The summed E-state index contributed by atoms with van der Waals surface area (Å²) < 4.78 is 1.59. The van der Waals surface area contributed by atoms with Crippen LogP contribution in [0.1, 0.15) is 49.2 Å². The van der Waals surface area contributed by atoms with E-state index in [2.05, 4.69) is 9.97 Å². The van der Waals surface area contributed by atoms with Crippen molar-refractivity contribution in [1.82, 2.24) is 19.4 Å². The van der Waals surface area contributed by atoms with Gasteiger partial charge in [0.2, 0.25) is 5.91 Å². The molecule has 166 valence electrons. The van der Waals surface area contributed by atoms with E-state index in [1.54, 1.807) is 29.9 Å². The van der Waals surface area contributed by atoms with E-state index in [0.29, 0.717) is 23.3 Å². The normalized spacial score (nSPS) is 14.2. The fraction of sp³-hybridized carbons (Fsp3) is 0.375. The van der Waals surface area contributed by atoms with Crippen LogP contribution in [0.3, 0.4) is 0 Å². The average molecular weight is 433 g/mol. The van der Waals surface area contributed by atoms with Gasteiger partial charge >= 0.3 is 0 Å². The molecule has 1 aromatic carbocycles. The lowest BCUT2D eigenvalue weighted by Gasteiger charge is -2.29. The lowest BCUT2D eigenvalue weighted by Crippen LogP contribution is -2.42. The molecule has 1 amide bonds. The number of nitrogen functional groups attached to an aromatic ring is 1. The maximum Gasteiger partial charge on any atom is 0.272 e. The number of nitrogens with one attached hydrogen (secondary N) is 1. The predicted octanol–water partition coefficient (Wildman–Crippen LogP) is 2.10. The zero-order valence-electron chi connectivity index (χ0n) is 18.7. The molecule has 32 heavy (non-hydrogen) atoms. The second-order valence-electron chi connectivity index (χ2n) is 8.89. The van der Waals surface area contributed by atoms with Crippen LogP contribution in [0.25, 0.3) is 11.0 Å². The van der Waals surface area contributed by atoms with Crippen molar-refractivity contribution in [2.24, 2.45) is 12.8 Å². The molecule has 1 fully saturated rings. The Morgan fingerprint density at radius 3 is 2.53 bits per heavy atom. The predicted molar refractivity (Wildman–Crippen MR) is 124 cm³/mol. The first kappa shape index (κ1) is 21.7. The van der Waals surface area contributed by atoms with Gasteiger partial charge in [-0.05, 0) is 56.0 Å². The minimum Gasteiger partial charge on any atom is -0.382 e. The Morgan fingerprint density at radius 2 is 1.91 bits per heavy atom. The number of hydrogen-bond donors (Lipinski definition) is 2. The zero-order valence-corrected chi connectivity index (χ0v) is 18.7. The molecule has 0 radical (unpaired) electrons. The summed E-state index contributed by atoms with van der Waals surface area (Å²) in [4.78, 5) is 36.8. The monoisotopic (exact) mass is 432 g/mol. The summed E-state index contributed by atoms with van der Waals surface area (Å²) in [5.41, 5.74) is 8.48. The fourth-order valence-corrected chi connectivity index (χ4v) is 4.22. The number of pyridine rings is 1. The number of hydrogen-bond acceptors (Lipinski definition) is 5. The topological polar surface area (TPSA) is 118 Å².